The van der Waals surface area contributed by atoms with Gasteiger partial charge in [0.25, 0.3) is 5.91 Å². The van der Waals surface area contributed by atoms with E-state index in [1.807, 2.05) is 49.3 Å². The summed E-state index contributed by atoms with van der Waals surface area (Å²) >= 11 is 0. The number of likely N-dealkylation sites (tertiary alicyclic amines) is 1. The first kappa shape index (κ1) is 21.4. The van der Waals surface area contributed by atoms with Crippen molar-refractivity contribution in [3.8, 4) is 5.75 Å². The molecule has 0 unspecified atom stereocenters. The number of hydrogen-bond donors (Lipinski definition) is 1. The standard InChI is InChI=1S/C23H28N4O3/c1-26(2)20-9-7-17(8-10-20)16-24-25-22(28)18-11-13-27(14-12-18)23(29)19-5-4-6-21(15-19)30-3/h4-10,15-16,18H,11-14H2,1-3H3,(H,25,28)/b24-16-. The van der Waals surface area contributed by atoms with Crippen LogP contribution in [0.4, 0.5) is 5.69 Å². The number of anilines is 1. The van der Waals surface area contributed by atoms with E-state index in [1.165, 1.54) is 0 Å². The number of piperidine rings is 1. The molecule has 0 aromatic heterocycles. The SMILES string of the molecule is COc1cccc(C(=O)N2CCC(C(=O)N/N=C\c3ccc(N(C)C)cc3)CC2)c1. The predicted molar refractivity (Wildman–Crippen MR) is 118 cm³/mol. The molecule has 3 rings (SSSR count). The minimum Gasteiger partial charge on any atom is -0.497 e. The fraction of sp³-hybridized carbons (Fsp3) is 0.348. The Morgan fingerprint density at radius 3 is 2.47 bits per heavy atom. The number of hydrazone groups is 1. The van der Waals surface area contributed by atoms with Crippen LogP contribution in [0, 0.1) is 5.92 Å². The number of hydrogen-bond acceptors (Lipinski definition) is 5. The molecule has 1 heterocycles. The van der Waals surface area contributed by atoms with Gasteiger partial charge in [-0.05, 0) is 48.7 Å². The van der Waals surface area contributed by atoms with Crippen molar-refractivity contribution in [2.75, 3.05) is 39.2 Å². The lowest BCUT2D eigenvalue weighted by Crippen LogP contribution is -2.42. The average Bonchev–Trinajstić information content (AvgIpc) is 2.79. The Bertz CT molecular complexity index is 901. The van der Waals surface area contributed by atoms with Gasteiger partial charge in [-0.15, -0.1) is 0 Å². The first-order valence-corrected chi connectivity index (χ1v) is 10.0. The quantitative estimate of drug-likeness (QED) is 0.589. The zero-order chi connectivity index (χ0) is 21.5. The highest BCUT2D eigenvalue weighted by molar-refractivity contribution is 5.94. The average molecular weight is 409 g/mol. The highest BCUT2D eigenvalue weighted by Crippen LogP contribution is 2.21. The van der Waals surface area contributed by atoms with E-state index in [9.17, 15) is 9.59 Å². The van der Waals surface area contributed by atoms with Crippen LogP contribution < -0.4 is 15.1 Å². The van der Waals surface area contributed by atoms with Crippen molar-refractivity contribution in [1.82, 2.24) is 10.3 Å². The van der Waals surface area contributed by atoms with Crippen LogP contribution in [0.2, 0.25) is 0 Å². The molecule has 158 valence electrons. The van der Waals surface area contributed by atoms with Crippen LogP contribution in [-0.2, 0) is 4.79 Å². The number of ether oxygens (including phenoxy) is 1. The summed E-state index contributed by atoms with van der Waals surface area (Å²) in [7, 11) is 5.55. The van der Waals surface area contributed by atoms with Gasteiger partial charge >= 0.3 is 0 Å². The van der Waals surface area contributed by atoms with Crippen molar-refractivity contribution in [2.45, 2.75) is 12.8 Å². The molecule has 1 aliphatic rings. The Balaban J connectivity index is 1.48. The summed E-state index contributed by atoms with van der Waals surface area (Å²) in [6.07, 6.45) is 2.88. The molecule has 2 aromatic rings. The van der Waals surface area contributed by atoms with Crippen LogP contribution in [0.25, 0.3) is 0 Å². The number of carbonyl (C=O) groups excluding carboxylic acids is 2. The van der Waals surface area contributed by atoms with Crippen molar-refractivity contribution in [3.05, 3.63) is 59.7 Å². The second kappa shape index (κ2) is 9.91. The molecule has 0 aliphatic carbocycles. The van der Waals surface area contributed by atoms with Gasteiger partial charge in [0, 0.05) is 44.4 Å². The lowest BCUT2D eigenvalue weighted by molar-refractivity contribution is -0.126. The topological polar surface area (TPSA) is 74.2 Å². The van der Waals surface area contributed by atoms with Crippen molar-refractivity contribution >= 4 is 23.7 Å². The molecular weight excluding hydrogens is 380 g/mol. The molecule has 2 aromatic carbocycles. The van der Waals surface area contributed by atoms with Gasteiger partial charge in [-0.2, -0.15) is 5.10 Å². The Hall–Kier alpha value is -3.35. The van der Waals surface area contributed by atoms with Crippen molar-refractivity contribution in [3.63, 3.8) is 0 Å². The van der Waals surface area contributed by atoms with Crippen molar-refractivity contribution in [1.29, 1.82) is 0 Å². The summed E-state index contributed by atoms with van der Waals surface area (Å²) in [5, 5.41) is 4.08. The molecular formula is C23H28N4O3. The van der Waals surface area contributed by atoms with Gasteiger partial charge in [-0.1, -0.05) is 18.2 Å². The van der Waals surface area contributed by atoms with Gasteiger partial charge in [0.2, 0.25) is 5.91 Å². The van der Waals surface area contributed by atoms with Crippen LogP contribution in [0.1, 0.15) is 28.8 Å². The molecule has 0 bridgehead atoms. The molecule has 0 saturated carbocycles. The first-order valence-electron chi connectivity index (χ1n) is 10.0. The maximum Gasteiger partial charge on any atom is 0.253 e. The van der Waals surface area contributed by atoms with E-state index in [2.05, 4.69) is 10.5 Å². The number of amides is 2. The minimum absolute atomic E-state index is 0.0352. The van der Waals surface area contributed by atoms with Crippen molar-refractivity contribution in [2.24, 2.45) is 11.0 Å². The fourth-order valence-corrected chi connectivity index (χ4v) is 3.40. The monoisotopic (exact) mass is 408 g/mol. The molecule has 0 atom stereocenters. The molecule has 1 N–H and O–H groups in total. The van der Waals surface area contributed by atoms with Gasteiger partial charge in [0.1, 0.15) is 5.75 Å². The van der Waals surface area contributed by atoms with Crippen LogP contribution in [0.15, 0.2) is 53.6 Å². The maximum atomic E-state index is 12.7. The summed E-state index contributed by atoms with van der Waals surface area (Å²) in [6, 6.07) is 15.0. The maximum absolute atomic E-state index is 12.7. The smallest absolute Gasteiger partial charge is 0.253 e. The Morgan fingerprint density at radius 2 is 1.83 bits per heavy atom. The third-order valence-electron chi connectivity index (χ3n) is 5.27. The molecule has 2 amide bonds. The van der Waals surface area contributed by atoms with E-state index < -0.39 is 0 Å². The minimum atomic E-state index is -0.146. The number of nitrogens with one attached hydrogen (secondary N) is 1. The summed E-state index contributed by atoms with van der Waals surface area (Å²) in [5.74, 6) is 0.369. The fourth-order valence-electron chi connectivity index (χ4n) is 3.40. The molecule has 0 spiro atoms. The van der Waals surface area contributed by atoms with Gasteiger partial charge in [0.15, 0.2) is 0 Å². The molecule has 30 heavy (non-hydrogen) atoms. The predicted octanol–water partition coefficient (Wildman–Crippen LogP) is 2.76. The highest BCUT2D eigenvalue weighted by Gasteiger charge is 2.27. The largest absolute Gasteiger partial charge is 0.497 e. The van der Waals surface area contributed by atoms with Crippen LogP contribution in [-0.4, -0.2) is 57.2 Å². The summed E-state index contributed by atoms with van der Waals surface area (Å²) < 4.78 is 5.19. The van der Waals surface area contributed by atoms with Crippen LogP contribution in [0.3, 0.4) is 0 Å². The zero-order valence-corrected chi connectivity index (χ0v) is 17.7. The van der Waals surface area contributed by atoms with Crippen molar-refractivity contribution < 1.29 is 14.3 Å². The van der Waals surface area contributed by atoms with E-state index in [-0.39, 0.29) is 17.7 Å². The highest BCUT2D eigenvalue weighted by atomic mass is 16.5. The number of rotatable bonds is 6. The number of nitrogens with zero attached hydrogens (tertiary/aromatic N) is 3. The number of carbonyl (C=O) groups is 2. The molecule has 0 radical (unpaired) electrons. The summed E-state index contributed by atoms with van der Waals surface area (Å²) in [6.45, 7) is 1.09. The van der Waals surface area contributed by atoms with Gasteiger partial charge < -0.3 is 14.5 Å². The molecule has 1 fully saturated rings. The lowest BCUT2D eigenvalue weighted by atomic mass is 9.95. The van der Waals surface area contributed by atoms with E-state index in [0.29, 0.717) is 37.2 Å². The van der Waals surface area contributed by atoms with Gasteiger partial charge in [-0.25, -0.2) is 5.43 Å². The third kappa shape index (κ3) is 5.37. The molecule has 7 nitrogen and oxygen atoms in total. The van der Waals surface area contributed by atoms with E-state index >= 15 is 0 Å². The van der Waals surface area contributed by atoms with Crippen LogP contribution in [0.5, 0.6) is 5.75 Å². The van der Waals surface area contributed by atoms with E-state index in [0.717, 1.165) is 11.3 Å². The first-order chi connectivity index (χ1) is 14.5. The molecule has 1 aliphatic heterocycles. The molecule has 7 heteroatoms. The summed E-state index contributed by atoms with van der Waals surface area (Å²) in [5.41, 5.74) is 5.25. The number of methoxy groups -OCH3 is 1. The Labute approximate surface area is 177 Å². The second-order valence-corrected chi connectivity index (χ2v) is 7.52. The van der Waals surface area contributed by atoms with E-state index in [1.54, 1.807) is 36.4 Å². The van der Waals surface area contributed by atoms with E-state index in [4.69, 9.17) is 4.74 Å². The molecule has 1 saturated heterocycles. The lowest BCUT2D eigenvalue weighted by Gasteiger charge is -2.31. The van der Waals surface area contributed by atoms with Gasteiger partial charge in [0.05, 0.1) is 13.3 Å². The number of benzene rings is 2. The Kier molecular flexibility index (Phi) is 7.06. The third-order valence-corrected chi connectivity index (χ3v) is 5.27. The summed E-state index contributed by atoms with van der Waals surface area (Å²) in [4.78, 5) is 28.9. The second-order valence-electron chi connectivity index (χ2n) is 7.52. The normalized spacial score (nSPS) is 14.6. The van der Waals surface area contributed by atoms with Crippen LogP contribution >= 0.6 is 0 Å². The zero-order valence-electron chi connectivity index (χ0n) is 17.7. The Morgan fingerprint density at radius 1 is 1.13 bits per heavy atom. The van der Waals surface area contributed by atoms with Gasteiger partial charge in [-0.3, -0.25) is 9.59 Å².